The summed E-state index contributed by atoms with van der Waals surface area (Å²) in [6.45, 7) is 18.0. The molecule has 21 heavy (non-hydrogen) atoms. The van der Waals surface area contributed by atoms with E-state index in [1.165, 1.54) is 58.3 Å². The molecule has 2 atom stereocenters. The lowest BCUT2D eigenvalue weighted by Gasteiger charge is -2.34. The van der Waals surface area contributed by atoms with Crippen LogP contribution in [0.1, 0.15) is 80.1 Å². The molecule has 0 spiro atoms. The van der Waals surface area contributed by atoms with E-state index in [0.29, 0.717) is 10.8 Å². The summed E-state index contributed by atoms with van der Waals surface area (Å²) in [6.07, 6.45) is 8.40. The minimum Gasteiger partial charge on any atom is -0.286 e. The fourth-order valence-electron chi connectivity index (χ4n) is 3.82. The molecule has 2 aliphatic rings. The molecule has 2 fully saturated rings. The Kier molecular flexibility index (Phi) is 5.41. The second-order valence-corrected chi connectivity index (χ2v) is 9.81. The van der Waals surface area contributed by atoms with Gasteiger partial charge in [0.1, 0.15) is 0 Å². The average molecular weight is 295 g/mol. The van der Waals surface area contributed by atoms with Crippen molar-refractivity contribution < 1.29 is 0 Å². The first-order chi connectivity index (χ1) is 9.66. The number of nitrogens with zero attached hydrogens (tertiary/aromatic N) is 2. The predicted molar refractivity (Wildman–Crippen MR) is 92.5 cm³/mol. The summed E-state index contributed by atoms with van der Waals surface area (Å²) >= 11 is 0. The molecular weight excluding hydrogens is 256 g/mol. The van der Waals surface area contributed by atoms with Crippen LogP contribution in [-0.2, 0) is 0 Å². The molecule has 0 aromatic carbocycles. The van der Waals surface area contributed by atoms with Crippen LogP contribution in [0.4, 0.5) is 0 Å². The SMILES string of the molecule is CC(C)(C)CCN1CN(CCC(C)(C)C)[C@H]2CCCC[C@@H]21. The van der Waals surface area contributed by atoms with E-state index in [0.717, 1.165) is 12.1 Å². The smallest absolute Gasteiger partial charge is 0.0512 e. The number of rotatable bonds is 4. The predicted octanol–water partition coefficient (Wildman–Crippen LogP) is 4.75. The molecule has 2 heteroatoms. The zero-order valence-corrected chi connectivity index (χ0v) is 15.4. The Bertz CT molecular complexity index is 291. The van der Waals surface area contributed by atoms with Gasteiger partial charge in [-0.15, -0.1) is 0 Å². The first-order valence-electron chi connectivity index (χ1n) is 9.14. The zero-order valence-electron chi connectivity index (χ0n) is 15.4. The normalized spacial score (nSPS) is 28.9. The van der Waals surface area contributed by atoms with E-state index in [1.807, 2.05) is 0 Å². The molecular formula is C19H38N2. The number of hydrogen-bond donors (Lipinski definition) is 0. The van der Waals surface area contributed by atoms with E-state index in [9.17, 15) is 0 Å². The van der Waals surface area contributed by atoms with Gasteiger partial charge in [0, 0.05) is 25.2 Å². The Morgan fingerprint density at radius 3 is 1.43 bits per heavy atom. The minimum atomic E-state index is 0.461. The van der Waals surface area contributed by atoms with Crippen molar-refractivity contribution in [2.75, 3.05) is 19.8 Å². The summed E-state index contributed by atoms with van der Waals surface area (Å²) in [7, 11) is 0. The van der Waals surface area contributed by atoms with Crippen molar-refractivity contribution in [2.45, 2.75) is 92.2 Å². The lowest BCUT2D eigenvalue weighted by molar-refractivity contribution is 0.180. The van der Waals surface area contributed by atoms with Crippen molar-refractivity contribution in [3.63, 3.8) is 0 Å². The highest BCUT2D eigenvalue weighted by Crippen LogP contribution is 2.35. The lowest BCUT2D eigenvalue weighted by atomic mass is 9.88. The summed E-state index contributed by atoms with van der Waals surface area (Å²) in [4.78, 5) is 5.61. The van der Waals surface area contributed by atoms with Crippen molar-refractivity contribution in [2.24, 2.45) is 10.8 Å². The van der Waals surface area contributed by atoms with E-state index >= 15 is 0 Å². The fourth-order valence-corrected chi connectivity index (χ4v) is 3.82. The van der Waals surface area contributed by atoms with Gasteiger partial charge in [-0.3, -0.25) is 9.80 Å². The fraction of sp³-hybridized carbons (Fsp3) is 1.00. The molecule has 1 saturated heterocycles. The van der Waals surface area contributed by atoms with Gasteiger partial charge in [0.05, 0.1) is 6.67 Å². The molecule has 0 aromatic rings. The highest BCUT2D eigenvalue weighted by molar-refractivity contribution is 4.95. The number of hydrogen-bond acceptors (Lipinski definition) is 2. The maximum atomic E-state index is 2.80. The highest BCUT2D eigenvalue weighted by atomic mass is 15.4. The van der Waals surface area contributed by atoms with Crippen molar-refractivity contribution >= 4 is 0 Å². The molecule has 1 aliphatic heterocycles. The van der Waals surface area contributed by atoms with Gasteiger partial charge in [-0.05, 0) is 36.5 Å². The highest BCUT2D eigenvalue weighted by Gasteiger charge is 2.40. The van der Waals surface area contributed by atoms with Gasteiger partial charge in [-0.2, -0.15) is 0 Å². The summed E-state index contributed by atoms with van der Waals surface area (Å²) in [5.41, 5.74) is 0.923. The molecule has 0 amide bonds. The van der Waals surface area contributed by atoms with Crippen molar-refractivity contribution in [3.8, 4) is 0 Å². The van der Waals surface area contributed by atoms with Crippen LogP contribution in [0.25, 0.3) is 0 Å². The molecule has 0 unspecified atom stereocenters. The van der Waals surface area contributed by atoms with Gasteiger partial charge < -0.3 is 0 Å². The summed E-state index contributed by atoms with van der Waals surface area (Å²) in [6, 6.07) is 1.70. The molecule has 0 aromatic heterocycles. The quantitative estimate of drug-likeness (QED) is 0.738. The number of fused-ring (bicyclic) bond motifs is 1. The molecule has 1 heterocycles. The van der Waals surface area contributed by atoms with Crippen molar-refractivity contribution in [1.82, 2.24) is 9.80 Å². The van der Waals surface area contributed by atoms with Crippen LogP contribution in [0.15, 0.2) is 0 Å². The van der Waals surface area contributed by atoms with Gasteiger partial charge in [-0.1, -0.05) is 54.4 Å². The van der Waals surface area contributed by atoms with Crippen molar-refractivity contribution in [1.29, 1.82) is 0 Å². The summed E-state index contributed by atoms with van der Waals surface area (Å²) < 4.78 is 0. The Morgan fingerprint density at radius 2 is 1.10 bits per heavy atom. The van der Waals surface area contributed by atoms with E-state index in [-0.39, 0.29) is 0 Å². The van der Waals surface area contributed by atoms with E-state index < -0.39 is 0 Å². The Labute approximate surface area is 133 Å². The van der Waals surface area contributed by atoms with Gasteiger partial charge in [0.15, 0.2) is 0 Å². The lowest BCUT2D eigenvalue weighted by Crippen LogP contribution is -2.41. The molecule has 2 rings (SSSR count). The largest absolute Gasteiger partial charge is 0.286 e. The monoisotopic (exact) mass is 294 g/mol. The van der Waals surface area contributed by atoms with Crippen LogP contribution in [0.2, 0.25) is 0 Å². The second-order valence-electron chi connectivity index (χ2n) is 9.81. The first kappa shape index (κ1) is 17.3. The van der Waals surface area contributed by atoms with Gasteiger partial charge >= 0.3 is 0 Å². The van der Waals surface area contributed by atoms with Crippen LogP contribution in [0, 0.1) is 10.8 Å². The van der Waals surface area contributed by atoms with Crippen molar-refractivity contribution in [3.05, 3.63) is 0 Å². The third-order valence-corrected chi connectivity index (χ3v) is 5.29. The summed E-state index contributed by atoms with van der Waals surface area (Å²) in [5.74, 6) is 0. The molecule has 0 bridgehead atoms. The van der Waals surface area contributed by atoms with Crippen LogP contribution >= 0.6 is 0 Å². The zero-order chi connectivity index (χ0) is 15.7. The Morgan fingerprint density at radius 1 is 0.714 bits per heavy atom. The summed E-state index contributed by atoms with van der Waals surface area (Å²) in [5, 5.41) is 0. The second kappa shape index (κ2) is 6.58. The first-order valence-corrected chi connectivity index (χ1v) is 9.14. The third-order valence-electron chi connectivity index (χ3n) is 5.29. The van der Waals surface area contributed by atoms with Gasteiger partial charge in [0.2, 0.25) is 0 Å². The standard InChI is InChI=1S/C19H38N2/c1-18(2,3)11-13-20-15-21(14-12-19(4,5)6)17-10-8-7-9-16(17)20/h16-17H,7-15H2,1-6H3/t16-,17-/m0/s1. The van der Waals surface area contributed by atoms with E-state index in [4.69, 9.17) is 0 Å². The maximum absolute atomic E-state index is 2.80. The van der Waals surface area contributed by atoms with Crippen LogP contribution in [-0.4, -0.2) is 41.6 Å². The maximum Gasteiger partial charge on any atom is 0.0512 e. The van der Waals surface area contributed by atoms with Crippen LogP contribution in [0.3, 0.4) is 0 Å². The molecule has 2 nitrogen and oxygen atoms in total. The van der Waals surface area contributed by atoms with Crippen LogP contribution < -0.4 is 0 Å². The Balaban J connectivity index is 1.94. The van der Waals surface area contributed by atoms with Crippen LogP contribution in [0.5, 0.6) is 0 Å². The molecule has 0 radical (unpaired) electrons. The Hall–Kier alpha value is -0.0800. The minimum absolute atomic E-state index is 0.461. The average Bonchev–Trinajstić information content (AvgIpc) is 2.71. The molecule has 1 saturated carbocycles. The molecule has 1 aliphatic carbocycles. The van der Waals surface area contributed by atoms with Gasteiger partial charge in [-0.25, -0.2) is 0 Å². The molecule has 0 N–H and O–H groups in total. The topological polar surface area (TPSA) is 6.48 Å². The third kappa shape index (κ3) is 5.25. The van der Waals surface area contributed by atoms with Gasteiger partial charge in [0.25, 0.3) is 0 Å². The molecule has 124 valence electrons. The van der Waals surface area contributed by atoms with E-state index in [2.05, 4.69) is 51.3 Å². The van der Waals surface area contributed by atoms with E-state index in [1.54, 1.807) is 0 Å².